The topological polar surface area (TPSA) is 56.7 Å². The van der Waals surface area contributed by atoms with Gasteiger partial charge in [0.2, 0.25) is 5.95 Å². The van der Waals surface area contributed by atoms with E-state index >= 15 is 0 Å². The summed E-state index contributed by atoms with van der Waals surface area (Å²) in [4.78, 5) is 8.72. The van der Waals surface area contributed by atoms with Gasteiger partial charge < -0.3 is 5.73 Å². The van der Waals surface area contributed by atoms with Crippen LogP contribution in [0.25, 0.3) is 11.2 Å². The van der Waals surface area contributed by atoms with Crippen molar-refractivity contribution in [3.63, 3.8) is 0 Å². The summed E-state index contributed by atoms with van der Waals surface area (Å²) in [7, 11) is 0. The van der Waals surface area contributed by atoms with Crippen LogP contribution in [0.4, 0.5) is 5.95 Å². The van der Waals surface area contributed by atoms with Crippen LogP contribution in [0.15, 0.2) is 16.7 Å². The van der Waals surface area contributed by atoms with E-state index in [0.29, 0.717) is 11.4 Å². The third-order valence-electron chi connectivity index (χ3n) is 3.22. The molecular weight excluding hydrogens is 268 g/mol. The molecule has 0 bridgehead atoms. The molecule has 0 unspecified atom stereocenters. The van der Waals surface area contributed by atoms with Gasteiger partial charge in [0.25, 0.3) is 0 Å². The molecule has 1 aliphatic rings. The highest BCUT2D eigenvalue weighted by Gasteiger charge is 2.38. The number of rotatable bonds is 2. The van der Waals surface area contributed by atoms with E-state index in [-0.39, 0.29) is 0 Å². The van der Waals surface area contributed by atoms with Crippen molar-refractivity contribution in [2.75, 3.05) is 5.73 Å². The summed E-state index contributed by atoms with van der Waals surface area (Å²) in [6.45, 7) is 3.20. The third kappa shape index (κ3) is 1.59. The maximum atomic E-state index is 5.93. The highest BCUT2D eigenvalue weighted by atomic mass is 79.9. The smallest absolute Gasteiger partial charge is 0.202 e. The number of fused-ring (bicyclic) bond motifs is 1. The van der Waals surface area contributed by atoms with Crippen LogP contribution in [-0.4, -0.2) is 14.5 Å². The predicted molar refractivity (Wildman–Crippen MR) is 67.0 cm³/mol. The molecule has 84 valence electrons. The van der Waals surface area contributed by atoms with E-state index in [4.69, 9.17) is 5.73 Å². The second kappa shape index (κ2) is 3.20. The Morgan fingerprint density at radius 3 is 3.00 bits per heavy atom. The molecule has 2 heterocycles. The Bertz CT molecular complexity index is 556. The second-order valence-corrected chi connectivity index (χ2v) is 5.78. The lowest BCUT2D eigenvalue weighted by Crippen LogP contribution is -2.11. The Hall–Kier alpha value is -1.10. The minimum atomic E-state index is 0.399. The van der Waals surface area contributed by atoms with Crippen LogP contribution in [0.3, 0.4) is 0 Å². The predicted octanol–water partition coefficient (Wildman–Crippen LogP) is 2.58. The van der Waals surface area contributed by atoms with Gasteiger partial charge in [0, 0.05) is 17.2 Å². The number of nitrogens with zero attached hydrogens (tertiary/aromatic N) is 3. The fourth-order valence-electron chi connectivity index (χ4n) is 1.91. The summed E-state index contributed by atoms with van der Waals surface area (Å²) in [5, 5.41) is 0. The standard InChI is InChI=1S/C11H13BrN4/c1-11(2-3-11)6-16-9-8(15-10(16)13)4-7(12)5-14-9/h4-5H,2-3,6H2,1H3,(H2,13,15). The average molecular weight is 281 g/mol. The van der Waals surface area contributed by atoms with Gasteiger partial charge in [-0.25, -0.2) is 9.97 Å². The van der Waals surface area contributed by atoms with Crippen molar-refractivity contribution in [1.82, 2.24) is 14.5 Å². The van der Waals surface area contributed by atoms with Crippen LogP contribution in [0.5, 0.6) is 0 Å². The lowest BCUT2D eigenvalue weighted by atomic mass is 10.1. The van der Waals surface area contributed by atoms with Crippen LogP contribution >= 0.6 is 15.9 Å². The fourth-order valence-corrected chi connectivity index (χ4v) is 2.23. The molecule has 16 heavy (non-hydrogen) atoms. The summed E-state index contributed by atoms with van der Waals surface area (Å²) < 4.78 is 2.96. The van der Waals surface area contributed by atoms with Crippen molar-refractivity contribution < 1.29 is 0 Å². The zero-order valence-corrected chi connectivity index (χ0v) is 10.7. The molecule has 0 saturated heterocycles. The molecule has 2 aromatic rings. The number of nitrogen functional groups attached to an aromatic ring is 1. The Morgan fingerprint density at radius 1 is 1.56 bits per heavy atom. The summed E-state index contributed by atoms with van der Waals surface area (Å²) >= 11 is 3.39. The minimum Gasteiger partial charge on any atom is -0.369 e. The van der Waals surface area contributed by atoms with Gasteiger partial charge in [-0.3, -0.25) is 4.57 Å². The zero-order valence-electron chi connectivity index (χ0n) is 9.07. The number of nitrogens with two attached hydrogens (primary N) is 1. The first kappa shape index (κ1) is 10.1. The molecule has 0 amide bonds. The maximum absolute atomic E-state index is 5.93. The van der Waals surface area contributed by atoms with Gasteiger partial charge in [0.1, 0.15) is 5.52 Å². The molecule has 0 aliphatic heterocycles. The first-order valence-electron chi connectivity index (χ1n) is 5.35. The molecule has 3 rings (SSSR count). The Balaban J connectivity index is 2.12. The molecule has 1 saturated carbocycles. The molecule has 0 spiro atoms. The zero-order chi connectivity index (χ0) is 11.3. The molecule has 0 aromatic carbocycles. The monoisotopic (exact) mass is 280 g/mol. The van der Waals surface area contributed by atoms with Crippen molar-refractivity contribution in [3.05, 3.63) is 16.7 Å². The lowest BCUT2D eigenvalue weighted by Gasteiger charge is -2.10. The number of pyridine rings is 1. The number of imidazole rings is 1. The van der Waals surface area contributed by atoms with E-state index in [1.54, 1.807) is 6.20 Å². The van der Waals surface area contributed by atoms with Crippen molar-refractivity contribution >= 4 is 33.0 Å². The Labute approximate surface area is 102 Å². The van der Waals surface area contributed by atoms with Crippen molar-refractivity contribution in [2.45, 2.75) is 26.3 Å². The van der Waals surface area contributed by atoms with Crippen LogP contribution in [0, 0.1) is 5.41 Å². The largest absolute Gasteiger partial charge is 0.369 e. The highest BCUT2D eigenvalue weighted by molar-refractivity contribution is 9.10. The molecule has 5 heteroatoms. The Morgan fingerprint density at radius 2 is 2.31 bits per heavy atom. The van der Waals surface area contributed by atoms with Crippen LogP contribution in [0.1, 0.15) is 19.8 Å². The van der Waals surface area contributed by atoms with Gasteiger partial charge in [-0.1, -0.05) is 6.92 Å². The molecule has 0 atom stereocenters. The minimum absolute atomic E-state index is 0.399. The van der Waals surface area contributed by atoms with Crippen LogP contribution < -0.4 is 5.73 Å². The van der Waals surface area contributed by atoms with E-state index in [1.807, 2.05) is 10.6 Å². The summed E-state index contributed by atoms with van der Waals surface area (Å²) in [5.74, 6) is 0.564. The number of hydrogen-bond acceptors (Lipinski definition) is 3. The number of aromatic nitrogens is 3. The van der Waals surface area contributed by atoms with Gasteiger partial charge in [-0.2, -0.15) is 0 Å². The van der Waals surface area contributed by atoms with Gasteiger partial charge in [-0.15, -0.1) is 0 Å². The third-order valence-corrected chi connectivity index (χ3v) is 3.66. The van der Waals surface area contributed by atoms with Crippen molar-refractivity contribution in [3.8, 4) is 0 Å². The quantitative estimate of drug-likeness (QED) is 0.920. The summed E-state index contributed by atoms with van der Waals surface area (Å²) in [6, 6.07) is 1.95. The first-order valence-corrected chi connectivity index (χ1v) is 6.14. The second-order valence-electron chi connectivity index (χ2n) is 4.86. The molecule has 2 N–H and O–H groups in total. The van der Waals surface area contributed by atoms with Gasteiger partial charge >= 0.3 is 0 Å². The van der Waals surface area contributed by atoms with Crippen LogP contribution in [0.2, 0.25) is 0 Å². The maximum Gasteiger partial charge on any atom is 0.202 e. The van der Waals surface area contributed by atoms with Crippen LogP contribution in [-0.2, 0) is 6.54 Å². The van der Waals surface area contributed by atoms with E-state index in [9.17, 15) is 0 Å². The average Bonchev–Trinajstić information content (AvgIpc) is 2.86. The summed E-state index contributed by atoms with van der Waals surface area (Å²) in [6.07, 6.45) is 4.32. The van der Waals surface area contributed by atoms with E-state index in [2.05, 4.69) is 32.8 Å². The fraction of sp³-hybridized carbons (Fsp3) is 0.455. The first-order chi connectivity index (χ1) is 7.57. The molecule has 4 nitrogen and oxygen atoms in total. The van der Waals surface area contributed by atoms with Crippen molar-refractivity contribution in [2.24, 2.45) is 5.41 Å². The molecule has 0 radical (unpaired) electrons. The number of anilines is 1. The molecular formula is C11H13BrN4. The van der Waals surface area contributed by atoms with Gasteiger partial charge in [0.05, 0.1) is 0 Å². The molecule has 1 aliphatic carbocycles. The summed E-state index contributed by atoms with van der Waals surface area (Å²) in [5.41, 5.74) is 8.07. The number of hydrogen-bond donors (Lipinski definition) is 1. The number of halogens is 1. The molecule has 1 fully saturated rings. The van der Waals surface area contributed by atoms with Gasteiger partial charge in [-0.05, 0) is 40.3 Å². The lowest BCUT2D eigenvalue weighted by molar-refractivity contribution is 0.475. The van der Waals surface area contributed by atoms with E-state index < -0.39 is 0 Å². The normalized spacial score (nSPS) is 17.9. The molecule has 2 aromatic heterocycles. The van der Waals surface area contributed by atoms with Crippen molar-refractivity contribution in [1.29, 1.82) is 0 Å². The van der Waals surface area contributed by atoms with E-state index in [1.165, 1.54) is 12.8 Å². The highest BCUT2D eigenvalue weighted by Crippen LogP contribution is 2.47. The Kier molecular flexibility index (Phi) is 2.01. The SMILES string of the molecule is CC1(Cn2c(N)nc3cc(Br)cnc32)CC1. The van der Waals surface area contributed by atoms with Gasteiger partial charge in [0.15, 0.2) is 5.65 Å². The van der Waals surface area contributed by atoms with E-state index in [0.717, 1.165) is 22.2 Å².